The van der Waals surface area contributed by atoms with Gasteiger partial charge < -0.3 is 19.9 Å². The molecule has 2 aromatic carbocycles. The molecule has 4 aromatic rings. The highest BCUT2D eigenvalue weighted by Crippen LogP contribution is 2.61. The molecule has 14 nitrogen and oxygen atoms in total. The van der Waals surface area contributed by atoms with Gasteiger partial charge in [0.2, 0.25) is 11.8 Å². The number of hydrogen-bond donors (Lipinski definition) is 2. The zero-order chi connectivity index (χ0) is 37.7. The number of piperazine rings is 1. The molecule has 6 heterocycles. The van der Waals surface area contributed by atoms with Gasteiger partial charge in [-0.3, -0.25) is 39.2 Å². The minimum absolute atomic E-state index is 0.0658. The molecule has 3 unspecified atom stereocenters. The third-order valence-electron chi connectivity index (χ3n) is 12.0. The van der Waals surface area contributed by atoms with Crippen molar-refractivity contribution in [3.05, 3.63) is 88.7 Å². The summed E-state index contributed by atoms with van der Waals surface area (Å²) >= 11 is 0. The summed E-state index contributed by atoms with van der Waals surface area (Å²) in [5.41, 5.74) is 2.85. The van der Waals surface area contributed by atoms with E-state index in [0.29, 0.717) is 48.6 Å². The average Bonchev–Trinajstić information content (AvgIpc) is 3.43. The van der Waals surface area contributed by atoms with Crippen molar-refractivity contribution in [2.24, 2.45) is 5.41 Å². The lowest BCUT2D eigenvalue weighted by Crippen LogP contribution is -2.78. The minimum atomic E-state index is -1.01. The molecule has 0 spiro atoms. The number of carbonyl (C=O) groups is 5. The number of anilines is 2. The minimum Gasteiger partial charge on any atom is -0.488 e. The molecule has 1 aliphatic carbocycles. The predicted octanol–water partition coefficient (Wildman–Crippen LogP) is 3.09. The van der Waals surface area contributed by atoms with Crippen molar-refractivity contribution < 1.29 is 28.7 Å². The number of aromatic nitrogens is 2. The van der Waals surface area contributed by atoms with Crippen molar-refractivity contribution in [2.45, 2.75) is 57.2 Å². The lowest BCUT2D eigenvalue weighted by atomic mass is 9.45. The summed E-state index contributed by atoms with van der Waals surface area (Å²) in [7, 11) is 0. The number of pyridine rings is 2. The Balaban J connectivity index is 0.863. The number of ether oxygens (including phenoxy) is 1. The standard InChI is InChI=1S/C40H36N8O6/c1-39(2)37(40(3)26-12-13-42-32-21(19-41)4-9-28(31(26)32)54-38(39)40)45-33(50)22-5-10-29(43-20-22)47-16-14-46(15-17-47)23-6-7-24-25(18-23)36(53)48(35(24)52)27-8-11-30(49)44-34(27)51/h4-7,9-10,12-13,18,20,27,37-38H,8,11,14-17H2,1-3H3,(H,45,50)(H,44,49,51)/t27?,37?,38-,40?/m0/s1. The van der Waals surface area contributed by atoms with E-state index in [0.717, 1.165) is 27.4 Å². The Morgan fingerprint density at radius 2 is 1.70 bits per heavy atom. The Labute approximate surface area is 310 Å². The third-order valence-corrected chi connectivity index (χ3v) is 12.0. The van der Waals surface area contributed by atoms with Gasteiger partial charge >= 0.3 is 0 Å². The van der Waals surface area contributed by atoms with E-state index in [4.69, 9.17) is 4.74 Å². The van der Waals surface area contributed by atoms with Gasteiger partial charge in [0, 0.05) is 61.5 Å². The first kappa shape index (κ1) is 33.5. The zero-order valence-electron chi connectivity index (χ0n) is 29.9. The largest absolute Gasteiger partial charge is 0.488 e. The van der Waals surface area contributed by atoms with Crippen LogP contribution < -0.4 is 25.2 Å². The van der Waals surface area contributed by atoms with Gasteiger partial charge in [0.05, 0.1) is 39.2 Å². The van der Waals surface area contributed by atoms with E-state index in [1.807, 2.05) is 24.3 Å². The summed E-state index contributed by atoms with van der Waals surface area (Å²) < 4.78 is 6.54. The predicted molar refractivity (Wildman–Crippen MR) is 195 cm³/mol. The highest BCUT2D eigenvalue weighted by Gasteiger charge is 2.69. The number of amides is 5. The van der Waals surface area contributed by atoms with Crippen LogP contribution in [0.2, 0.25) is 0 Å². The smallest absolute Gasteiger partial charge is 0.262 e. The van der Waals surface area contributed by atoms with Crippen molar-refractivity contribution in [2.75, 3.05) is 36.0 Å². The van der Waals surface area contributed by atoms with Crippen LogP contribution in [0, 0.1) is 16.7 Å². The van der Waals surface area contributed by atoms with Crippen molar-refractivity contribution >= 4 is 51.9 Å². The lowest BCUT2D eigenvalue weighted by Gasteiger charge is -2.66. The first-order valence-corrected chi connectivity index (χ1v) is 18.0. The molecule has 2 aromatic heterocycles. The zero-order valence-corrected chi connectivity index (χ0v) is 29.9. The van der Waals surface area contributed by atoms with Crippen LogP contribution in [0.5, 0.6) is 5.75 Å². The molecular weight excluding hydrogens is 688 g/mol. The molecule has 2 N–H and O–H groups in total. The summed E-state index contributed by atoms with van der Waals surface area (Å²) in [6.07, 6.45) is 3.28. The number of nitrogens with one attached hydrogen (secondary N) is 2. The normalized spacial score (nSPS) is 25.3. The first-order chi connectivity index (χ1) is 25.9. The number of piperidine rings is 1. The van der Waals surface area contributed by atoms with Gasteiger partial charge in [-0.05, 0) is 67.4 Å². The summed E-state index contributed by atoms with van der Waals surface area (Å²) in [5, 5.41) is 16.0. The lowest BCUT2D eigenvalue weighted by molar-refractivity contribution is -0.136. The first-order valence-electron chi connectivity index (χ1n) is 18.0. The van der Waals surface area contributed by atoms with Crippen LogP contribution in [-0.2, 0) is 15.0 Å². The second kappa shape index (κ2) is 11.8. The SMILES string of the molecule is CC1(C)C(NC(=O)c2ccc(N3CCN(c4ccc5c(c4)C(=O)N(C4CCC(=O)NC4=O)C5=O)CC3)nc2)C2(C)c3ccnc4c(C#N)ccc(c34)O[C@@H]12. The average molecular weight is 725 g/mol. The molecule has 14 heteroatoms. The summed E-state index contributed by atoms with van der Waals surface area (Å²) in [5.74, 6) is -0.913. The molecule has 0 radical (unpaired) electrons. The molecule has 9 rings (SSSR count). The Hall–Kier alpha value is -6.36. The third kappa shape index (κ3) is 4.73. The number of nitrogens with zero attached hydrogens (tertiary/aromatic N) is 6. The summed E-state index contributed by atoms with van der Waals surface area (Å²) in [4.78, 5) is 78.6. The van der Waals surface area contributed by atoms with E-state index in [2.05, 4.69) is 57.2 Å². The van der Waals surface area contributed by atoms with Crippen LogP contribution in [0.3, 0.4) is 0 Å². The topological polar surface area (TPSA) is 178 Å². The van der Waals surface area contributed by atoms with Crippen molar-refractivity contribution in [1.29, 1.82) is 5.26 Å². The Bertz CT molecular complexity index is 2380. The van der Waals surface area contributed by atoms with Gasteiger partial charge in [-0.25, -0.2) is 4.98 Å². The number of hydrogen-bond acceptors (Lipinski definition) is 11. The summed E-state index contributed by atoms with van der Waals surface area (Å²) in [6, 6.07) is 15.3. The molecule has 54 heavy (non-hydrogen) atoms. The number of carbonyl (C=O) groups excluding carboxylic acids is 5. The molecule has 4 atom stereocenters. The van der Waals surface area contributed by atoms with Gasteiger partial charge in [0.25, 0.3) is 17.7 Å². The van der Waals surface area contributed by atoms with Gasteiger partial charge in [-0.2, -0.15) is 5.26 Å². The molecule has 4 aliphatic heterocycles. The highest BCUT2D eigenvalue weighted by atomic mass is 16.5. The van der Waals surface area contributed by atoms with Gasteiger partial charge in [0.1, 0.15) is 29.8 Å². The number of rotatable bonds is 5. The van der Waals surface area contributed by atoms with Crippen molar-refractivity contribution in [1.82, 2.24) is 25.5 Å². The Kier molecular flexibility index (Phi) is 7.33. The molecule has 272 valence electrons. The van der Waals surface area contributed by atoms with E-state index < -0.39 is 40.5 Å². The van der Waals surface area contributed by atoms with Crippen LogP contribution in [-0.4, -0.2) is 88.8 Å². The van der Waals surface area contributed by atoms with E-state index >= 15 is 0 Å². The quantitative estimate of drug-likeness (QED) is 0.289. The van der Waals surface area contributed by atoms with Crippen LogP contribution in [0.15, 0.2) is 60.9 Å². The number of benzene rings is 2. The Morgan fingerprint density at radius 1 is 0.944 bits per heavy atom. The fourth-order valence-corrected chi connectivity index (χ4v) is 9.43. The van der Waals surface area contributed by atoms with Gasteiger partial charge in [-0.1, -0.05) is 13.8 Å². The second-order valence-corrected chi connectivity index (χ2v) is 15.4. The maximum Gasteiger partial charge on any atom is 0.262 e. The van der Waals surface area contributed by atoms with Gasteiger partial charge in [-0.15, -0.1) is 0 Å². The van der Waals surface area contributed by atoms with Crippen molar-refractivity contribution in [3.63, 3.8) is 0 Å². The maximum absolute atomic E-state index is 13.7. The molecule has 2 saturated heterocycles. The number of nitriles is 1. The summed E-state index contributed by atoms with van der Waals surface area (Å²) in [6.45, 7) is 8.81. The van der Waals surface area contributed by atoms with Crippen LogP contribution >= 0.6 is 0 Å². The molecule has 3 fully saturated rings. The fraction of sp³-hybridized carbons (Fsp3) is 0.350. The molecular formula is C40H36N8O6. The van der Waals surface area contributed by atoms with E-state index in [1.54, 1.807) is 36.7 Å². The molecule has 5 amide bonds. The fourth-order valence-electron chi connectivity index (χ4n) is 9.43. The van der Waals surface area contributed by atoms with Crippen LogP contribution in [0.1, 0.15) is 75.8 Å². The van der Waals surface area contributed by atoms with Crippen LogP contribution in [0.4, 0.5) is 11.5 Å². The molecule has 1 saturated carbocycles. The molecule has 5 aliphatic rings. The number of fused-ring (bicyclic) bond motifs is 3. The van der Waals surface area contributed by atoms with Crippen LogP contribution in [0.25, 0.3) is 10.9 Å². The van der Waals surface area contributed by atoms with E-state index in [-0.39, 0.29) is 42.0 Å². The molecule has 0 bridgehead atoms. The highest BCUT2D eigenvalue weighted by molar-refractivity contribution is 6.23. The Morgan fingerprint density at radius 3 is 2.43 bits per heavy atom. The maximum atomic E-state index is 13.7. The van der Waals surface area contributed by atoms with Gasteiger partial charge in [0.15, 0.2) is 0 Å². The van der Waals surface area contributed by atoms with E-state index in [1.165, 1.54) is 0 Å². The second-order valence-electron chi connectivity index (χ2n) is 15.4. The van der Waals surface area contributed by atoms with Crippen molar-refractivity contribution in [3.8, 4) is 11.8 Å². The monoisotopic (exact) mass is 724 g/mol. The van der Waals surface area contributed by atoms with E-state index in [9.17, 15) is 29.2 Å². The number of imide groups is 2.